The molecule has 1 atom stereocenters. The van der Waals surface area contributed by atoms with Gasteiger partial charge in [-0.3, -0.25) is 0 Å². The van der Waals surface area contributed by atoms with Crippen molar-refractivity contribution in [2.45, 2.75) is 26.9 Å². The molecule has 2 aromatic carbocycles. The maximum atomic E-state index is 13.6. The van der Waals surface area contributed by atoms with Gasteiger partial charge < -0.3 is 9.84 Å². The van der Waals surface area contributed by atoms with Crippen molar-refractivity contribution in [3.05, 3.63) is 64.2 Å². The zero-order valence-electron chi connectivity index (χ0n) is 12.3. The molecule has 0 spiro atoms. The summed E-state index contributed by atoms with van der Waals surface area (Å²) < 4.78 is 32.3. The standard InChI is InChI=1S/C17H18F2O2/c1-10-7-11(2)17(12(3)8-10)21-9-15(20)13-5-4-6-14(18)16(13)19/h4-8,15,20H,9H2,1-3H3. The van der Waals surface area contributed by atoms with Crippen LogP contribution < -0.4 is 4.74 Å². The van der Waals surface area contributed by atoms with Crippen LogP contribution >= 0.6 is 0 Å². The minimum Gasteiger partial charge on any atom is -0.490 e. The molecule has 0 amide bonds. The molecule has 0 aliphatic rings. The number of halogens is 2. The average molecular weight is 292 g/mol. The van der Waals surface area contributed by atoms with Crippen LogP contribution in [0.1, 0.15) is 28.4 Å². The molecule has 2 nitrogen and oxygen atoms in total. The quantitative estimate of drug-likeness (QED) is 0.923. The van der Waals surface area contributed by atoms with Crippen LogP contribution in [0, 0.1) is 32.4 Å². The van der Waals surface area contributed by atoms with E-state index >= 15 is 0 Å². The number of hydrogen-bond donors (Lipinski definition) is 1. The third-order valence-corrected chi connectivity index (χ3v) is 3.33. The number of ether oxygens (including phenoxy) is 1. The molecule has 2 aromatic rings. The second-order valence-electron chi connectivity index (χ2n) is 5.20. The van der Waals surface area contributed by atoms with Crippen LogP contribution in [0.3, 0.4) is 0 Å². The third kappa shape index (κ3) is 3.39. The van der Waals surface area contributed by atoms with Crippen molar-refractivity contribution in [1.82, 2.24) is 0 Å². The first-order chi connectivity index (χ1) is 9.90. The van der Waals surface area contributed by atoms with Crippen LogP contribution in [0.4, 0.5) is 8.78 Å². The molecule has 0 aliphatic carbocycles. The summed E-state index contributed by atoms with van der Waals surface area (Å²) in [5.74, 6) is -1.35. The number of benzene rings is 2. The molecule has 21 heavy (non-hydrogen) atoms. The highest BCUT2D eigenvalue weighted by atomic mass is 19.2. The highest BCUT2D eigenvalue weighted by Crippen LogP contribution is 2.26. The first-order valence-electron chi connectivity index (χ1n) is 6.72. The summed E-state index contributed by atoms with van der Waals surface area (Å²) in [7, 11) is 0. The highest BCUT2D eigenvalue weighted by Gasteiger charge is 2.17. The van der Waals surface area contributed by atoms with Crippen molar-refractivity contribution >= 4 is 0 Å². The summed E-state index contributed by atoms with van der Waals surface area (Å²) in [6.07, 6.45) is -1.22. The van der Waals surface area contributed by atoms with Gasteiger partial charge in [0.15, 0.2) is 11.6 Å². The summed E-state index contributed by atoms with van der Waals surface area (Å²) in [5, 5.41) is 9.99. The third-order valence-electron chi connectivity index (χ3n) is 3.33. The summed E-state index contributed by atoms with van der Waals surface area (Å²) in [4.78, 5) is 0. The molecule has 0 radical (unpaired) electrons. The Morgan fingerprint density at radius 2 is 1.71 bits per heavy atom. The second kappa shape index (κ2) is 6.22. The minimum absolute atomic E-state index is 0.0996. The summed E-state index contributed by atoms with van der Waals surface area (Å²) in [6.45, 7) is 5.67. The summed E-state index contributed by atoms with van der Waals surface area (Å²) in [5.41, 5.74) is 2.91. The largest absolute Gasteiger partial charge is 0.490 e. The van der Waals surface area contributed by atoms with Crippen LogP contribution in [-0.2, 0) is 0 Å². The Balaban J connectivity index is 2.15. The molecular weight excluding hydrogens is 274 g/mol. The van der Waals surface area contributed by atoms with Gasteiger partial charge in [-0.05, 0) is 38.0 Å². The van der Waals surface area contributed by atoms with Gasteiger partial charge in [-0.1, -0.05) is 29.8 Å². The van der Waals surface area contributed by atoms with E-state index in [0.717, 1.165) is 22.8 Å². The van der Waals surface area contributed by atoms with Crippen LogP contribution in [0.15, 0.2) is 30.3 Å². The molecule has 0 aliphatic heterocycles. The number of aliphatic hydroxyl groups excluding tert-OH is 1. The van der Waals surface area contributed by atoms with Gasteiger partial charge in [-0.15, -0.1) is 0 Å². The molecule has 112 valence electrons. The molecule has 0 saturated carbocycles. The molecule has 0 bridgehead atoms. The van der Waals surface area contributed by atoms with Crippen LogP contribution in [-0.4, -0.2) is 11.7 Å². The predicted octanol–water partition coefficient (Wildman–Crippen LogP) is 4.00. The van der Waals surface area contributed by atoms with Crippen LogP contribution in [0.25, 0.3) is 0 Å². The molecule has 1 N–H and O–H groups in total. The molecule has 4 heteroatoms. The first-order valence-corrected chi connectivity index (χ1v) is 6.72. The van der Waals surface area contributed by atoms with E-state index in [9.17, 15) is 13.9 Å². The fraction of sp³-hybridized carbons (Fsp3) is 0.294. The average Bonchev–Trinajstić information content (AvgIpc) is 2.40. The molecule has 2 rings (SSSR count). The highest BCUT2D eigenvalue weighted by molar-refractivity contribution is 5.43. The maximum absolute atomic E-state index is 13.6. The Morgan fingerprint density at radius 1 is 1.10 bits per heavy atom. The Labute approximate surface area is 123 Å². The van der Waals surface area contributed by atoms with Gasteiger partial charge >= 0.3 is 0 Å². The number of aryl methyl sites for hydroxylation is 3. The fourth-order valence-electron chi connectivity index (χ4n) is 2.42. The van der Waals surface area contributed by atoms with Gasteiger partial charge in [-0.25, -0.2) is 8.78 Å². The van der Waals surface area contributed by atoms with Crippen molar-refractivity contribution in [2.24, 2.45) is 0 Å². The molecule has 0 fully saturated rings. The summed E-state index contributed by atoms with van der Waals surface area (Å²) >= 11 is 0. The van der Waals surface area contributed by atoms with E-state index in [-0.39, 0.29) is 12.2 Å². The van der Waals surface area contributed by atoms with E-state index in [0.29, 0.717) is 5.75 Å². The van der Waals surface area contributed by atoms with Gasteiger partial charge in [0.25, 0.3) is 0 Å². The lowest BCUT2D eigenvalue weighted by Gasteiger charge is -2.17. The molecule has 1 unspecified atom stereocenters. The van der Waals surface area contributed by atoms with Crippen molar-refractivity contribution in [3.63, 3.8) is 0 Å². The zero-order chi connectivity index (χ0) is 15.6. The number of aliphatic hydroxyl groups is 1. The minimum atomic E-state index is -1.22. The van der Waals surface area contributed by atoms with E-state index < -0.39 is 17.7 Å². The maximum Gasteiger partial charge on any atom is 0.164 e. The Hall–Kier alpha value is -1.94. The van der Waals surface area contributed by atoms with Gasteiger partial charge in [0.2, 0.25) is 0 Å². The Bertz CT molecular complexity index is 630. The molecule has 0 aromatic heterocycles. The number of rotatable bonds is 4. The second-order valence-corrected chi connectivity index (χ2v) is 5.20. The predicted molar refractivity (Wildman–Crippen MR) is 77.5 cm³/mol. The Kier molecular flexibility index (Phi) is 4.58. The van der Waals surface area contributed by atoms with Crippen molar-refractivity contribution < 1.29 is 18.6 Å². The molecular formula is C17H18F2O2. The zero-order valence-corrected chi connectivity index (χ0v) is 12.3. The van der Waals surface area contributed by atoms with Crippen molar-refractivity contribution in [1.29, 1.82) is 0 Å². The lowest BCUT2D eigenvalue weighted by Crippen LogP contribution is -2.13. The summed E-state index contributed by atoms with van der Waals surface area (Å²) in [6, 6.07) is 7.66. The lowest BCUT2D eigenvalue weighted by molar-refractivity contribution is 0.103. The van der Waals surface area contributed by atoms with Gasteiger partial charge in [-0.2, -0.15) is 0 Å². The van der Waals surface area contributed by atoms with E-state index in [1.807, 2.05) is 32.9 Å². The number of hydrogen-bond acceptors (Lipinski definition) is 2. The van der Waals surface area contributed by atoms with Gasteiger partial charge in [0, 0.05) is 5.56 Å². The van der Waals surface area contributed by atoms with Crippen molar-refractivity contribution in [2.75, 3.05) is 6.61 Å². The monoisotopic (exact) mass is 292 g/mol. The lowest BCUT2D eigenvalue weighted by atomic mass is 10.1. The SMILES string of the molecule is Cc1cc(C)c(OCC(O)c2cccc(F)c2F)c(C)c1. The molecule has 0 saturated heterocycles. The van der Waals surface area contributed by atoms with Crippen molar-refractivity contribution in [3.8, 4) is 5.75 Å². The van der Waals surface area contributed by atoms with E-state index in [1.54, 1.807) is 0 Å². The first kappa shape index (κ1) is 15.4. The van der Waals surface area contributed by atoms with E-state index in [2.05, 4.69) is 0 Å². The van der Waals surface area contributed by atoms with E-state index in [4.69, 9.17) is 4.74 Å². The topological polar surface area (TPSA) is 29.5 Å². The van der Waals surface area contributed by atoms with Gasteiger partial charge in [0.1, 0.15) is 18.5 Å². The Morgan fingerprint density at radius 3 is 2.33 bits per heavy atom. The van der Waals surface area contributed by atoms with Gasteiger partial charge in [0.05, 0.1) is 0 Å². The van der Waals surface area contributed by atoms with Crippen LogP contribution in [0.2, 0.25) is 0 Å². The normalized spacial score (nSPS) is 12.3. The fourth-order valence-corrected chi connectivity index (χ4v) is 2.42. The van der Waals surface area contributed by atoms with Crippen LogP contribution in [0.5, 0.6) is 5.75 Å². The van der Waals surface area contributed by atoms with E-state index in [1.165, 1.54) is 12.1 Å². The smallest absolute Gasteiger partial charge is 0.164 e. The molecule has 0 heterocycles.